The van der Waals surface area contributed by atoms with Gasteiger partial charge in [0.05, 0.1) is 6.57 Å². The van der Waals surface area contributed by atoms with Crippen LogP contribution < -0.4 is 9.13 Å². The van der Waals surface area contributed by atoms with Crippen LogP contribution in [0, 0.1) is 17.9 Å². The largest absolute Gasteiger partial charge is 0.256 e. The second-order valence-electron chi connectivity index (χ2n) is 6.22. The van der Waals surface area contributed by atoms with Crippen molar-refractivity contribution in [2.45, 2.75) is 0 Å². The van der Waals surface area contributed by atoms with Crippen LogP contribution in [-0.2, 0) is 0 Å². The van der Waals surface area contributed by atoms with Crippen molar-refractivity contribution in [3.63, 3.8) is 0 Å². The minimum atomic E-state index is 0.622. The summed E-state index contributed by atoms with van der Waals surface area (Å²) in [5.41, 5.74) is 5.14. The maximum atomic E-state index is 9.29. The summed E-state index contributed by atoms with van der Waals surface area (Å²) in [4.78, 5) is 3.58. The highest BCUT2D eigenvalue weighted by atomic mass is 15.0. The van der Waals surface area contributed by atoms with E-state index in [0.29, 0.717) is 11.3 Å². The Kier molecular flexibility index (Phi) is 4.61. The molecule has 0 aliphatic carbocycles. The van der Waals surface area contributed by atoms with Gasteiger partial charge >= 0.3 is 0 Å². The smallest absolute Gasteiger partial charge is 0.231 e. The molecule has 28 heavy (non-hydrogen) atoms. The van der Waals surface area contributed by atoms with Gasteiger partial charge in [0.15, 0.2) is 24.8 Å². The van der Waals surface area contributed by atoms with Gasteiger partial charge in [-0.2, -0.15) is 14.4 Å². The van der Waals surface area contributed by atoms with Crippen molar-refractivity contribution in [2.75, 3.05) is 0 Å². The monoisotopic (exact) mass is 360 g/mol. The molecule has 0 fully saturated rings. The SMILES string of the molecule is [C-]#[N+]c1ccccc1-[n+]1ccc(-c2cc[n+](-c3ccccc3C#N)cc2)cc1. The Hall–Kier alpha value is -4.28. The zero-order valence-corrected chi connectivity index (χ0v) is 15.0. The van der Waals surface area contributed by atoms with Gasteiger partial charge in [-0.15, -0.1) is 0 Å². The standard InChI is InChI=1S/C24H16N4/c1-26-22-7-3-5-9-24(22)28-16-12-20(13-17-28)19-10-14-27(15-11-19)23-8-4-2-6-21(23)18-25/h2-17H/q+2. The minimum Gasteiger partial charge on any atom is -0.231 e. The molecule has 0 amide bonds. The van der Waals surface area contributed by atoms with Crippen LogP contribution in [0.25, 0.3) is 27.3 Å². The lowest BCUT2D eigenvalue weighted by molar-refractivity contribution is -0.596. The predicted molar refractivity (Wildman–Crippen MR) is 106 cm³/mol. The lowest BCUT2D eigenvalue weighted by Crippen LogP contribution is -2.30. The van der Waals surface area contributed by atoms with Crippen LogP contribution in [0.1, 0.15) is 5.56 Å². The van der Waals surface area contributed by atoms with E-state index in [1.165, 1.54) is 0 Å². The zero-order chi connectivity index (χ0) is 19.3. The molecular formula is C24H16N4+2. The molecule has 2 heterocycles. The summed E-state index contributed by atoms with van der Waals surface area (Å²) >= 11 is 0. The molecule has 0 aliphatic rings. The first-order valence-corrected chi connectivity index (χ1v) is 8.79. The lowest BCUT2D eigenvalue weighted by Gasteiger charge is -2.02. The third kappa shape index (κ3) is 3.23. The topological polar surface area (TPSA) is 35.9 Å². The molecule has 4 rings (SSSR count). The Morgan fingerprint density at radius 1 is 0.679 bits per heavy atom. The Bertz CT molecular complexity index is 1110. The van der Waals surface area contributed by atoms with Crippen LogP contribution in [0.2, 0.25) is 0 Å². The Balaban J connectivity index is 1.64. The first-order valence-electron chi connectivity index (χ1n) is 8.79. The van der Waals surface area contributed by atoms with Crippen LogP contribution in [0.4, 0.5) is 5.69 Å². The van der Waals surface area contributed by atoms with Gasteiger partial charge in [0.25, 0.3) is 5.69 Å². The second kappa shape index (κ2) is 7.53. The summed E-state index contributed by atoms with van der Waals surface area (Å²) in [5, 5.41) is 9.29. The Morgan fingerprint density at radius 3 is 1.75 bits per heavy atom. The van der Waals surface area contributed by atoms with E-state index >= 15 is 0 Å². The highest BCUT2D eigenvalue weighted by molar-refractivity contribution is 5.62. The minimum absolute atomic E-state index is 0.622. The normalized spacial score (nSPS) is 10.1. The van der Waals surface area contributed by atoms with Gasteiger partial charge in [-0.05, 0) is 29.3 Å². The van der Waals surface area contributed by atoms with Crippen molar-refractivity contribution >= 4 is 5.69 Å². The molecule has 0 atom stereocenters. The number of nitriles is 1. The number of para-hydroxylation sites is 3. The number of aromatic nitrogens is 2. The fourth-order valence-corrected chi connectivity index (χ4v) is 3.13. The highest BCUT2D eigenvalue weighted by Gasteiger charge is 2.14. The molecule has 0 N–H and O–H groups in total. The number of rotatable bonds is 3. The molecule has 4 aromatic rings. The van der Waals surface area contributed by atoms with Crippen molar-refractivity contribution in [1.82, 2.24) is 0 Å². The van der Waals surface area contributed by atoms with Crippen molar-refractivity contribution < 1.29 is 9.13 Å². The number of nitrogens with zero attached hydrogens (tertiary/aromatic N) is 4. The van der Waals surface area contributed by atoms with E-state index < -0.39 is 0 Å². The molecule has 2 aromatic heterocycles. The summed E-state index contributed by atoms with van der Waals surface area (Å²) in [6.45, 7) is 7.32. The molecule has 4 heteroatoms. The first kappa shape index (κ1) is 17.1. The van der Waals surface area contributed by atoms with E-state index in [1.54, 1.807) is 0 Å². The van der Waals surface area contributed by atoms with E-state index in [2.05, 4.69) is 10.9 Å². The van der Waals surface area contributed by atoms with Gasteiger partial charge in [-0.3, -0.25) is 0 Å². The highest BCUT2D eigenvalue weighted by Crippen LogP contribution is 2.20. The molecule has 0 bridgehead atoms. The third-order valence-electron chi connectivity index (χ3n) is 4.58. The molecule has 2 aromatic carbocycles. The summed E-state index contributed by atoms with van der Waals surface area (Å²) in [6, 6.07) is 25.4. The molecule has 0 radical (unpaired) electrons. The van der Waals surface area contributed by atoms with Gasteiger partial charge in [-0.1, -0.05) is 24.3 Å². The molecule has 0 saturated heterocycles. The van der Waals surface area contributed by atoms with Crippen LogP contribution in [-0.4, -0.2) is 0 Å². The fraction of sp³-hybridized carbons (Fsp3) is 0. The molecule has 0 unspecified atom stereocenters. The molecule has 0 spiro atoms. The molecule has 0 saturated carbocycles. The van der Waals surface area contributed by atoms with Gasteiger partial charge in [0, 0.05) is 30.3 Å². The zero-order valence-electron chi connectivity index (χ0n) is 15.0. The molecule has 0 aliphatic heterocycles. The molecular weight excluding hydrogens is 344 g/mol. The van der Waals surface area contributed by atoms with E-state index in [9.17, 15) is 5.26 Å². The average Bonchev–Trinajstić information content (AvgIpc) is 2.79. The van der Waals surface area contributed by atoms with Crippen molar-refractivity contribution in [2.24, 2.45) is 0 Å². The van der Waals surface area contributed by atoms with Gasteiger partial charge in [0.1, 0.15) is 11.6 Å². The summed E-state index contributed by atoms with van der Waals surface area (Å²) in [6.07, 6.45) is 7.85. The Labute approximate surface area is 163 Å². The third-order valence-corrected chi connectivity index (χ3v) is 4.58. The quantitative estimate of drug-likeness (QED) is 0.396. The van der Waals surface area contributed by atoms with E-state index in [4.69, 9.17) is 6.57 Å². The fourth-order valence-electron chi connectivity index (χ4n) is 3.13. The van der Waals surface area contributed by atoms with Crippen molar-refractivity contribution in [3.05, 3.63) is 115 Å². The first-order chi connectivity index (χ1) is 13.8. The van der Waals surface area contributed by atoms with Crippen LogP contribution in [0.15, 0.2) is 97.6 Å². The van der Waals surface area contributed by atoms with Gasteiger partial charge in [-0.25, -0.2) is 4.85 Å². The van der Waals surface area contributed by atoms with Crippen molar-refractivity contribution in [1.29, 1.82) is 5.26 Å². The predicted octanol–water partition coefficient (Wildman–Crippen LogP) is 4.33. The summed E-state index contributed by atoms with van der Waals surface area (Å²) in [5.74, 6) is 0. The second-order valence-corrected chi connectivity index (χ2v) is 6.22. The van der Waals surface area contributed by atoms with E-state index in [-0.39, 0.29) is 0 Å². The van der Waals surface area contributed by atoms with Crippen LogP contribution in [0.3, 0.4) is 0 Å². The summed E-state index contributed by atoms with van der Waals surface area (Å²) < 4.78 is 3.89. The molecule has 130 valence electrons. The number of benzene rings is 2. The number of pyridine rings is 2. The lowest BCUT2D eigenvalue weighted by atomic mass is 10.1. The number of hydrogen-bond donors (Lipinski definition) is 0. The Morgan fingerprint density at radius 2 is 1.18 bits per heavy atom. The molecule has 4 nitrogen and oxygen atoms in total. The van der Waals surface area contributed by atoms with Gasteiger partial charge < -0.3 is 0 Å². The van der Waals surface area contributed by atoms with Crippen LogP contribution >= 0.6 is 0 Å². The average molecular weight is 360 g/mol. The maximum Gasteiger partial charge on any atom is 0.256 e. The van der Waals surface area contributed by atoms with E-state index in [1.807, 2.05) is 107 Å². The van der Waals surface area contributed by atoms with Crippen LogP contribution in [0.5, 0.6) is 0 Å². The number of hydrogen-bond acceptors (Lipinski definition) is 1. The summed E-state index contributed by atoms with van der Waals surface area (Å²) in [7, 11) is 0. The van der Waals surface area contributed by atoms with E-state index in [0.717, 1.165) is 22.5 Å². The van der Waals surface area contributed by atoms with Crippen molar-refractivity contribution in [3.8, 4) is 28.6 Å². The van der Waals surface area contributed by atoms with Gasteiger partial charge in [0.2, 0.25) is 11.4 Å². The maximum absolute atomic E-state index is 9.29.